The van der Waals surface area contributed by atoms with Gasteiger partial charge in [0.25, 0.3) is 0 Å². The number of aromatic nitrogens is 1. The average Bonchev–Trinajstić information content (AvgIpc) is 3.07. The predicted octanol–water partition coefficient (Wildman–Crippen LogP) is 3.53. The third-order valence-corrected chi connectivity index (χ3v) is 4.59. The molecule has 1 amide bonds. The fourth-order valence-electron chi connectivity index (χ4n) is 2.21. The van der Waals surface area contributed by atoms with E-state index in [1.54, 1.807) is 25.6 Å². The van der Waals surface area contributed by atoms with E-state index in [4.69, 9.17) is 9.47 Å². The summed E-state index contributed by atoms with van der Waals surface area (Å²) in [5.74, 6) is 1.78. The second kappa shape index (κ2) is 8.68. The molecule has 0 fully saturated rings. The molecule has 0 aliphatic heterocycles. The van der Waals surface area contributed by atoms with Gasteiger partial charge in [-0.1, -0.05) is 19.9 Å². The van der Waals surface area contributed by atoms with Gasteiger partial charge in [-0.2, -0.15) is 0 Å². The molecule has 2 rings (SSSR count). The van der Waals surface area contributed by atoms with Crippen molar-refractivity contribution in [3.63, 3.8) is 0 Å². The van der Waals surface area contributed by atoms with Crippen LogP contribution in [-0.2, 0) is 17.8 Å². The van der Waals surface area contributed by atoms with E-state index in [-0.39, 0.29) is 5.91 Å². The smallest absolute Gasteiger partial charge is 0.220 e. The van der Waals surface area contributed by atoms with E-state index in [0.29, 0.717) is 36.8 Å². The molecule has 1 heterocycles. The van der Waals surface area contributed by atoms with E-state index >= 15 is 0 Å². The van der Waals surface area contributed by atoms with Gasteiger partial charge < -0.3 is 14.8 Å². The van der Waals surface area contributed by atoms with Crippen LogP contribution in [0.25, 0.3) is 0 Å². The molecule has 1 aromatic carbocycles. The summed E-state index contributed by atoms with van der Waals surface area (Å²) in [6.45, 7) is 4.71. The molecule has 0 bridgehead atoms. The summed E-state index contributed by atoms with van der Waals surface area (Å²) in [4.78, 5) is 16.6. The number of nitrogens with one attached hydrogen (secondary N) is 1. The second-order valence-corrected chi connectivity index (χ2v) is 6.73. The maximum absolute atomic E-state index is 12.0. The lowest BCUT2D eigenvalue weighted by Crippen LogP contribution is -2.23. The van der Waals surface area contributed by atoms with E-state index in [1.165, 1.54) is 0 Å². The second-order valence-electron chi connectivity index (χ2n) is 5.79. The van der Waals surface area contributed by atoms with Crippen LogP contribution in [0.5, 0.6) is 11.5 Å². The molecule has 0 aliphatic carbocycles. The van der Waals surface area contributed by atoms with Crippen molar-refractivity contribution >= 4 is 17.2 Å². The number of rotatable bonds is 8. The summed E-state index contributed by atoms with van der Waals surface area (Å²) in [5.41, 5.74) is 2.07. The topological polar surface area (TPSA) is 60.5 Å². The van der Waals surface area contributed by atoms with Crippen molar-refractivity contribution < 1.29 is 14.3 Å². The summed E-state index contributed by atoms with van der Waals surface area (Å²) in [6, 6.07) is 5.62. The Hall–Kier alpha value is -2.08. The maximum atomic E-state index is 12.0. The number of hydrogen-bond donors (Lipinski definition) is 1. The third-order valence-electron chi connectivity index (χ3n) is 3.66. The number of methoxy groups -OCH3 is 2. The van der Waals surface area contributed by atoms with Gasteiger partial charge in [0.1, 0.15) is 0 Å². The van der Waals surface area contributed by atoms with Crippen LogP contribution >= 0.6 is 11.3 Å². The van der Waals surface area contributed by atoms with Crippen molar-refractivity contribution in [2.45, 2.75) is 39.2 Å². The first-order valence-electron chi connectivity index (χ1n) is 7.95. The van der Waals surface area contributed by atoms with Gasteiger partial charge in [-0.25, -0.2) is 4.98 Å². The number of benzene rings is 1. The van der Waals surface area contributed by atoms with Crippen LogP contribution in [0.2, 0.25) is 0 Å². The van der Waals surface area contributed by atoms with Crippen LogP contribution in [-0.4, -0.2) is 25.1 Å². The van der Waals surface area contributed by atoms with Crippen LogP contribution in [0, 0.1) is 0 Å². The molecular formula is C18H24N2O3S. The van der Waals surface area contributed by atoms with Crippen LogP contribution < -0.4 is 14.8 Å². The number of carbonyl (C=O) groups excluding carboxylic acids is 1. The fourth-order valence-corrected chi connectivity index (χ4v) is 3.16. The average molecular weight is 348 g/mol. The quantitative estimate of drug-likeness (QED) is 0.793. The summed E-state index contributed by atoms with van der Waals surface area (Å²) in [7, 11) is 3.20. The zero-order chi connectivity index (χ0) is 17.5. The minimum Gasteiger partial charge on any atom is -0.493 e. The number of amides is 1. The number of aryl methyl sites for hydroxylation is 1. The van der Waals surface area contributed by atoms with Gasteiger partial charge in [0.05, 0.1) is 24.9 Å². The van der Waals surface area contributed by atoms with Gasteiger partial charge >= 0.3 is 0 Å². The van der Waals surface area contributed by atoms with E-state index in [0.717, 1.165) is 16.3 Å². The van der Waals surface area contributed by atoms with Crippen LogP contribution in [0.1, 0.15) is 42.5 Å². The molecule has 2 aromatic rings. The lowest BCUT2D eigenvalue weighted by molar-refractivity contribution is -0.121. The largest absolute Gasteiger partial charge is 0.493 e. The number of carbonyl (C=O) groups is 1. The van der Waals surface area contributed by atoms with Crippen molar-refractivity contribution in [1.82, 2.24) is 10.3 Å². The van der Waals surface area contributed by atoms with E-state index < -0.39 is 0 Å². The highest BCUT2D eigenvalue weighted by Crippen LogP contribution is 2.27. The van der Waals surface area contributed by atoms with Crippen molar-refractivity contribution in [2.75, 3.05) is 14.2 Å². The number of ether oxygens (including phenoxy) is 2. The van der Waals surface area contributed by atoms with E-state index in [2.05, 4.69) is 29.5 Å². The Labute approximate surface area is 147 Å². The highest BCUT2D eigenvalue weighted by molar-refractivity contribution is 7.09. The Morgan fingerprint density at radius 1 is 1.25 bits per heavy atom. The molecule has 0 unspecified atom stereocenters. The van der Waals surface area contributed by atoms with Crippen molar-refractivity contribution in [2.24, 2.45) is 0 Å². The van der Waals surface area contributed by atoms with Gasteiger partial charge in [-0.05, 0) is 23.6 Å². The van der Waals surface area contributed by atoms with E-state index in [1.807, 2.05) is 18.2 Å². The molecule has 1 N–H and O–H groups in total. The van der Waals surface area contributed by atoms with Gasteiger partial charge in [-0.15, -0.1) is 11.3 Å². The SMILES string of the molecule is COc1ccc(CNC(=O)CCc2nc(C(C)C)cs2)cc1OC. The lowest BCUT2D eigenvalue weighted by Gasteiger charge is -2.10. The van der Waals surface area contributed by atoms with Crippen molar-refractivity contribution in [3.8, 4) is 11.5 Å². The third kappa shape index (κ3) is 4.96. The summed E-state index contributed by atoms with van der Waals surface area (Å²) < 4.78 is 10.5. The standard InChI is InChI=1S/C18H24N2O3S/c1-12(2)14-11-24-18(20-14)8-7-17(21)19-10-13-5-6-15(22-3)16(9-13)23-4/h5-6,9,11-12H,7-8,10H2,1-4H3,(H,19,21). The maximum Gasteiger partial charge on any atom is 0.220 e. The van der Waals surface area contributed by atoms with E-state index in [9.17, 15) is 4.79 Å². The molecule has 0 saturated heterocycles. The summed E-state index contributed by atoms with van der Waals surface area (Å²) in [5, 5.41) is 6.01. The zero-order valence-corrected chi connectivity index (χ0v) is 15.4. The monoisotopic (exact) mass is 348 g/mol. The highest BCUT2D eigenvalue weighted by Gasteiger charge is 2.09. The zero-order valence-electron chi connectivity index (χ0n) is 14.6. The Morgan fingerprint density at radius 3 is 2.62 bits per heavy atom. The van der Waals surface area contributed by atoms with Gasteiger partial charge in [0.15, 0.2) is 11.5 Å². The molecule has 0 saturated carbocycles. The molecule has 1 aromatic heterocycles. The van der Waals surface area contributed by atoms with Crippen LogP contribution in [0.3, 0.4) is 0 Å². The molecule has 0 radical (unpaired) electrons. The molecule has 6 heteroatoms. The van der Waals surface area contributed by atoms with Gasteiger partial charge in [0.2, 0.25) is 5.91 Å². The highest BCUT2D eigenvalue weighted by atomic mass is 32.1. The first-order valence-corrected chi connectivity index (χ1v) is 8.83. The van der Waals surface area contributed by atoms with Gasteiger partial charge in [-0.3, -0.25) is 4.79 Å². The van der Waals surface area contributed by atoms with Crippen molar-refractivity contribution in [3.05, 3.63) is 39.8 Å². The molecular weight excluding hydrogens is 324 g/mol. The van der Waals surface area contributed by atoms with Gasteiger partial charge in [0, 0.05) is 24.8 Å². The first-order chi connectivity index (χ1) is 11.5. The lowest BCUT2D eigenvalue weighted by atomic mass is 10.2. The number of hydrogen-bond acceptors (Lipinski definition) is 5. The van der Waals surface area contributed by atoms with Crippen molar-refractivity contribution in [1.29, 1.82) is 0 Å². The molecule has 24 heavy (non-hydrogen) atoms. The molecule has 0 spiro atoms. The minimum atomic E-state index is 0.0195. The summed E-state index contributed by atoms with van der Waals surface area (Å²) >= 11 is 1.62. The Kier molecular flexibility index (Phi) is 6.61. The fraction of sp³-hybridized carbons (Fsp3) is 0.444. The van der Waals surface area contributed by atoms with Crippen LogP contribution in [0.4, 0.5) is 0 Å². The predicted molar refractivity (Wildman–Crippen MR) is 95.9 cm³/mol. The van der Waals surface area contributed by atoms with Crippen LogP contribution in [0.15, 0.2) is 23.6 Å². The molecule has 130 valence electrons. The molecule has 0 atom stereocenters. The number of thiazole rings is 1. The first kappa shape index (κ1) is 18.3. The summed E-state index contributed by atoms with van der Waals surface area (Å²) in [6.07, 6.45) is 1.12. The molecule has 0 aliphatic rings. The Balaban J connectivity index is 1.82. The molecule has 5 nitrogen and oxygen atoms in total. The normalized spacial score (nSPS) is 10.7. The minimum absolute atomic E-state index is 0.0195. The Morgan fingerprint density at radius 2 is 2.00 bits per heavy atom. The Bertz CT molecular complexity index is 683. The number of nitrogens with zero attached hydrogens (tertiary/aromatic N) is 1.